The molecule has 0 N–H and O–H groups in total. The van der Waals surface area contributed by atoms with Gasteiger partial charge in [0.2, 0.25) is 0 Å². The van der Waals surface area contributed by atoms with Gasteiger partial charge in [0.15, 0.2) is 0 Å². The van der Waals surface area contributed by atoms with Crippen molar-refractivity contribution in [1.29, 1.82) is 0 Å². The summed E-state index contributed by atoms with van der Waals surface area (Å²) in [5.74, 6) is 0. The molecule has 0 radical (unpaired) electrons. The fraction of sp³-hybridized carbons (Fsp3) is 0. The number of hydrogen-bond acceptors (Lipinski definition) is 2. The average Bonchev–Trinajstić information content (AvgIpc) is 1.76. The zero-order valence-corrected chi connectivity index (χ0v) is 2.59. The first-order valence-electron chi connectivity index (χ1n) is 1.32. The van der Waals surface area contributed by atoms with E-state index in [-0.39, 0.29) is 8.41 Å². The Balaban J connectivity index is 0.000000250. The van der Waals surface area contributed by atoms with Crippen LogP contribution in [0.4, 0.5) is 0 Å². The van der Waals surface area contributed by atoms with Gasteiger partial charge in [-0.1, -0.05) is 0 Å². The molecule has 1 rings (SSSR count). The van der Waals surface area contributed by atoms with Gasteiger partial charge >= 0.3 is 28.9 Å². The molecule has 0 atom stereocenters. The van der Waals surface area contributed by atoms with Crippen molar-refractivity contribution >= 4 is 15.7 Å². The van der Waals surface area contributed by atoms with E-state index in [1.165, 1.54) is 13.5 Å². The van der Waals surface area contributed by atoms with Crippen LogP contribution >= 0.6 is 0 Å². The van der Waals surface area contributed by atoms with Crippen LogP contribution in [0, 0.1) is 0 Å². The molecule has 1 heterocycles. The molecule has 1 aromatic rings. The second kappa shape index (κ2) is 2.69. The normalized spacial score (nSPS) is 6.00. The van der Waals surface area contributed by atoms with Crippen molar-refractivity contribution in [3.8, 4) is 0 Å². The molecule has 2 nitrogen and oxygen atoms in total. The van der Waals surface area contributed by atoms with Crippen molar-refractivity contribution in [1.82, 2.24) is 4.89 Å². The van der Waals surface area contributed by atoms with E-state index in [0.29, 0.717) is 0 Å². The van der Waals surface area contributed by atoms with Crippen LogP contribution in [-0.2, 0) is 0 Å². The van der Waals surface area contributed by atoms with E-state index in [4.69, 9.17) is 0 Å². The summed E-state index contributed by atoms with van der Waals surface area (Å²) in [6.07, 6.45) is 3.10. The van der Waals surface area contributed by atoms with Crippen LogP contribution in [0.5, 0.6) is 0 Å². The Morgan fingerprint density at radius 2 is 2.50 bits per heavy atom. The van der Waals surface area contributed by atoms with E-state index in [0.717, 1.165) is 0 Å². The number of aromatic nitrogens is 1. The Morgan fingerprint density at radius 3 is 2.67 bits per heavy atom. The van der Waals surface area contributed by atoms with Crippen LogP contribution in [0.1, 0.15) is 0 Å². The van der Waals surface area contributed by atoms with Gasteiger partial charge in [0, 0.05) is 0 Å². The molecule has 4 heteroatoms. The quantitative estimate of drug-likeness (QED) is 0.367. The molecule has 0 aromatic carbocycles. The van der Waals surface area contributed by atoms with E-state index < -0.39 is 0 Å². The van der Waals surface area contributed by atoms with E-state index in [1.54, 1.807) is 6.20 Å². The summed E-state index contributed by atoms with van der Waals surface area (Å²) < 4.78 is 4.47. The molecule has 30 valence electrons. The summed E-state index contributed by atoms with van der Waals surface area (Å²) in [4.78, 5) is 3.56. The maximum atomic E-state index is 4.47. The van der Waals surface area contributed by atoms with Gasteiger partial charge in [0.05, 0.1) is 8.41 Å². The van der Waals surface area contributed by atoms with Gasteiger partial charge in [-0.15, -0.1) is 0 Å². The first-order valence-corrected chi connectivity index (χ1v) is 1.32. The van der Waals surface area contributed by atoms with Crippen molar-refractivity contribution in [3.63, 3.8) is 0 Å². The topological polar surface area (TPSA) is 26.0 Å². The van der Waals surface area contributed by atoms with Crippen LogP contribution in [0.3, 0.4) is 0 Å². The molecule has 6 heavy (non-hydrogen) atoms. The molecule has 0 aliphatic carbocycles. The summed E-state index contributed by atoms with van der Waals surface area (Å²) in [7, 11) is 1.38. The van der Waals surface area contributed by atoms with E-state index >= 15 is 0 Å². The Bertz CT molecular complexity index is 68.0. The number of hydrogen-bond donors (Lipinski definition) is 0. The van der Waals surface area contributed by atoms with Gasteiger partial charge in [0.1, 0.15) is 0 Å². The molecule has 0 bridgehead atoms. The SMILES string of the molecule is B.b1ncco1. The third kappa shape index (κ3) is 1.06. The van der Waals surface area contributed by atoms with E-state index in [1.807, 2.05) is 0 Å². The average molecular weight is 80.7 g/mol. The predicted octanol–water partition coefficient (Wildman–Crippen LogP) is -1.17. The summed E-state index contributed by atoms with van der Waals surface area (Å²) >= 11 is 0. The molecular formula is C2H5B2NO. The molecule has 0 amide bonds. The predicted molar refractivity (Wildman–Crippen MR) is 27.8 cm³/mol. The van der Waals surface area contributed by atoms with Crippen LogP contribution < -0.4 is 0 Å². The minimum atomic E-state index is 0. The Morgan fingerprint density at radius 1 is 1.67 bits per heavy atom. The van der Waals surface area contributed by atoms with Gasteiger partial charge in [0.25, 0.3) is 0 Å². The molecule has 0 aliphatic heterocycles. The number of rotatable bonds is 0. The summed E-state index contributed by atoms with van der Waals surface area (Å²) in [5, 5.41) is 0. The summed E-state index contributed by atoms with van der Waals surface area (Å²) in [5.41, 5.74) is 0. The van der Waals surface area contributed by atoms with Crippen molar-refractivity contribution in [2.24, 2.45) is 0 Å². The molecule has 0 fully saturated rings. The zero-order valence-electron chi connectivity index (χ0n) is 2.59. The summed E-state index contributed by atoms with van der Waals surface area (Å²) in [6.45, 7) is 0. The van der Waals surface area contributed by atoms with Crippen molar-refractivity contribution < 1.29 is 4.33 Å². The van der Waals surface area contributed by atoms with Gasteiger partial charge in [-0.25, -0.2) is 0 Å². The first kappa shape index (κ1) is 5.47. The Labute approximate surface area is 38.4 Å². The van der Waals surface area contributed by atoms with E-state index in [9.17, 15) is 0 Å². The molecule has 0 saturated carbocycles. The van der Waals surface area contributed by atoms with E-state index in [2.05, 4.69) is 9.22 Å². The van der Waals surface area contributed by atoms with Crippen molar-refractivity contribution in [2.45, 2.75) is 0 Å². The fourth-order valence-corrected chi connectivity index (χ4v) is 0.176. The molecular weight excluding hydrogens is 75.7 g/mol. The standard InChI is InChI=1S/C2H2BNO.BH3/c1-2-5-3-4-1;/h1-2H;1H3. The molecule has 0 spiro atoms. The minimum absolute atomic E-state index is 0. The van der Waals surface area contributed by atoms with Gasteiger partial charge in [-0.2, -0.15) is 0 Å². The first-order chi connectivity index (χ1) is 2.50. The Kier molecular flexibility index (Phi) is 2.46. The monoisotopic (exact) mass is 81.1 g/mol. The molecule has 1 aromatic heterocycles. The van der Waals surface area contributed by atoms with Gasteiger partial charge in [-0.05, 0) is 0 Å². The second-order valence-corrected chi connectivity index (χ2v) is 0.676. The third-order valence-electron chi connectivity index (χ3n) is 0.347. The van der Waals surface area contributed by atoms with Crippen LogP contribution in [0.25, 0.3) is 0 Å². The number of nitrogens with zero attached hydrogens (tertiary/aromatic N) is 1. The van der Waals surface area contributed by atoms with Crippen LogP contribution in [0.15, 0.2) is 16.8 Å². The zero-order chi connectivity index (χ0) is 3.54. The van der Waals surface area contributed by atoms with Crippen molar-refractivity contribution in [3.05, 3.63) is 12.5 Å². The van der Waals surface area contributed by atoms with Crippen LogP contribution in [-0.4, -0.2) is 20.6 Å². The molecule has 0 aliphatic rings. The van der Waals surface area contributed by atoms with Crippen molar-refractivity contribution in [2.75, 3.05) is 0 Å². The second-order valence-electron chi connectivity index (χ2n) is 0.676. The van der Waals surface area contributed by atoms with Crippen LogP contribution in [0.2, 0.25) is 0 Å². The summed E-state index contributed by atoms with van der Waals surface area (Å²) in [6, 6.07) is 0. The molecule has 0 unspecified atom stereocenters. The maximum absolute atomic E-state index is 4.47. The third-order valence-corrected chi connectivity index (χ3v) is 0.347. The molecule has 0 saturated heterocycles. The van der Waals surface area contributed by atoms with Gasteiger partial charge in [-0.3, -0.25) is 0 Å². The van der Waals surface area contributed by atoms with Gasteiger partial charge < -0.3 is 0 Å². The Hall–Kier alpha value is -0.530. The fourth-order valence-electron chi connectivity index (χ4n) is 0.176.